The summed E-state index contributed by atoms with van der Waals surface area (Å²) in [7, 11) is 3.57. The topological polar surface area (TPSA) is 63.9 Å². The summed E-state index contributed by atoms with van der Waals surface area (Å²) in [6, 6.07) is 0. The molecule has 136 valence electrons. The number of aliphatic imine (C=N–C) groups is 1. The molecule has 0 bridgehead atoms. The van der Waals surface area contributed by atoms with Gasteiger partial charge in [0.1, 0.15) is 0 Å². The van der Waals surface area contributed by atoms with Gasteiger partial charge in [-0.15, -0.1) is 0 Å². The van der Waals surface area contributed by atoms with E-state index in [0.717, 1.165) is 64.6 Å². The molecule has 7 nitrogen and oxygen atoms in total. The molecule has 0 aromatic carbocycles. The maximum Gasteiger partial charge on any atom is 0.193 e. The lowest BCUT2D eigenvalue weighted by Crippen LogP contribution is -2.47. The fourth-order valence-electron chi connectivity index (χ4n) is 2.89. The highest BCUT2D eigenvalue weighted by atomic mass is 16.5. The molecule has 1 saturated heterocycles. The van der Waals surface area contributed by atoms with Crippen molar-refractivity contribution in [2.24, 2.45) is 4.99 Å². The Bertz CT molecular complexity index is 495. The van der Waals surface area contributed by atoms with Gasteiger partial charge in [-0.1, -0.05) is 0 Å². The molecule has 7 heteroatoms. The molecule has 2 rings (SSSR count). The first-order valence-corrected chi connectivity index (χ1v) is 8.78. The number of guanidine groups is 1. The number of nitrogens with zero attached hydrogens (tertiary/aromatic N) is 4. The van der Waals surface area contributed by atoms with Gasteiger partial charge in [-0.25, -0.2) is 0 Å². The van der Waals surface area contributed by atoms with Crippen LogP contribution in [0.15, 0.2) is 17.4 Å². The molecule has 0 spiro atoms. The van der Waals surface area contributed by atoms with Gasteiger partial charge in [-0.3, -0.25) is 9.67 Å². The van der Waals surface area contributed by atoms with Gasteiger partial charge in [0.25, 0.3) is 0 Å². The number of piperidine rings is 1. The van der Waals surface area contributed by atoms with Crippen LogP contribution in [0.2, 0.25) is 0 Å². The van der Waals surface area contributed by atoms with E-state index >= 15 is 0 Å². The van der Waals surface area contributed by atoms with Crippen LogP contribution in [0.5, 0.6) is 0 Å². The second-order valence-electron chi connectivity index (χ2n) is 6.16. The molecule has 1 N–H and O–H groups in total. The van der Waals surface area contributed by atoms with Crippen molar-refractivity contribution in [3.8, 4) is 0 Å². The second kappa shape index (κ2) is 10.3. The fraction of sp³-hybridized carbons (Fsp3) is 0.765. The molecule has 1 aromatic heterocycles. The van der Waals surface area contributed by atoms with Crippen LogP contribution in [0, 0.1) is 6.92 Å². The van der Waals surface area contributed by atoms with Crippen molar-refractivity contribution in [1.82, 2.24) is 20.0 Å². The van der Waals surface area contributed by atoms with Crippen molar-refractivity contribution < 1.29 is 9.47 Å². The quantitative estimate of drug-likeness (QED) is 0.440. The van der Waals surface area contributed by atoms with Gasteiger partial charge in [0.2, 0.25) is 0 Å². The zero-order valence-corrected chi connectivity index (χ0v) is 15.2. The summed E-state index contributed by atoms with van der Waals surface area (Å²) in [5.41, 5.74) is 1.19. The molecule has 0 radical (unpaired) electrons. The van der Waals surface area contributed by atoms with Crippen molar-refractivity contribution in [3.05, 3.63) is 18.0 Å². The normalized spacial score (nSPS) is 16.6. The highest BCUT2D eigenvalue weighted by Gasteiger charge is 2.21. The van der Waals surface area contributed by atoms with Gasteiger partial charge in [-0.05, 0) is 31.7 Å². The smallest absolute Gasteiger partial charge is 0.193 e. The number of hydrogen-bond acceptors (Lipinski definition) is 4. The van der Waals surface area contributed by atoms with Gasteiger partial charge in [0.15, 0.2) is 5.96 Å². The Hall–Kier alpha value is -1.60. The summed E-state index contributed by atoms with van der Waals surface area (Å²) in [5, 5.41) is 7.73. The average molecular weight is 337 g/mol. The molecule has 2 heterocycles. The molecule has 1 fully saturated rings. The lowest BCUT2D eigenvalue weighted by Gasteiger charge is -2.34. The minimum absolute atomic E-state index is 0.364. The van der Waals surface area contributed by atoms with Crippen LogP contribution in [0.25, 0.3) is 0 Å². The fourth-order valence-corrected chi connectivity index (χ4v) is 2.89. The molecular weight excluding hydrogens is 306 g/mol. The third-order valence-electron chi connectivity index (χ3n) is 4.19. The molecule has 0 amide bonds. The average Bonchev–Trinajstić information content (AvgIpc) is 3.02. The monoisotopic (exact) mass is 337 g/mol. The predicted octanol–water partition coefficient (Wildman–Crippen LogP) is 1.28. The summed E-state index contributed by atoms with van der Waals surface area (Å²) >= 11 is 0. The standard InChI is InChI=1S/C17H31N5O2/c1-15-13-20-22(14-15)10-7-19-17(18-2)21-8-5-16(6-9-21)24-12-4-11-23-3/h13-14,16H,4-12H2,1-3H3,(H,18,19). The van der Waals surface area contributed by atoms with Crippen molar-refractivity contribution in [2.75, 3.05) is 47.0 Å². The Morgan fingerprint density at radius 3 is 2.79 bits per heavy atom. The largest absolute Gasteiger partial charge is 0.385 e. The van der Waals surface area contributed by atoms with Crippen molar-refractivity contribution in [1.29, 1.82) is 0 Å². The van der Waals surface area contributed by atoms with Crippen LogP contribution in [0.3, 0.4) is 0 Å². The van der Waals surface area contributed by atoms with Gasteiger partial charge < -0.3 is 19.7 Å². The van der Waals surface area contributed by atoms with Gasteiger partial charge in [0, 0.05) is 53.2 Å². The number of nitrogens with one attached hydrogen (secondary N) is 1. The highest BCUT2D eigenvalue weighted by molar-refractivity contribution is 5.79. The minimum atomic E-state index is 0.364. The SMILES string of the molecule is CN=C(NCCn1cc(C)cn1)N1CCC(OCCCOC)CC1. The van der Waals surface area contributed by atoms with E-state index in [9.17, 15) is 0 Å². The molecular formula is C17H31N5O2. The third-order valence-corrected chi connectivity index (χ3v) is 4.19. The molecule has 0 atom stereocenters. The summed E-state index contributed by atoms with van der Waals surface area (Å²) in [6.45, 7) is 7.23. The highest BCUT2D eigenvalue weighted by Crippen LogP contribution is 2.14. The molecule has 1 aliphatic heterocycles. The second-order valence-corrected chi connectivity index (χ2v) is 6.16. The molecule has 0 saturated carbocycles. The van der Waals surface area contributed by atoms with Crippen LogP contribution in [0.1, 0.15) is 24.8 Å². The Morgan fingerprint density at radius 1 is 1.38 bits per heavy atom. The lowest BCUT2D eigenvalue weighted by molar-refractivity contribution is 0.00991. The molecule has 24 heavy (non-hydrogen) atoms. The van der Waals surface area contributed by atoms with E-state index in [1.54, 1.807) is 7.11 Å². The van der Waals surface area contributed by atoms with E-state index in [2.05, 4.69) is 33.4 Å². The maximum absolute atomic E-state index is 5.91. The van der Waals surface area contributed by atoms with E-state index in [-0.39, 0.29) is 0 Å². The predicted molar refractivity (Wildman–Crippen MR) is 95.4 cm³/mol. The van der Waals surface area contributed by atoms with Gasteiger partial charge in [0.05, 0.1) is 18.8 Å². The summed E-state index contributed by atoms with van der Waals surface area (Å²) < 4.78 is 12.9. The Labute approximate surface area is 145 Å². The number of ether oxygens (including phenoxy) is 2. The molecule has 1 aromatic rings. The van der Waals surface area contributed by atoms with Crippen LogP contribution < -0.4 is 5.32 Å². The van der Waals surface area contributed by atoms with E-state index in [1.165, 1.54) is 5.56 Å². The number of likely N-dealkylation sites (tertiary alicyclic amines) is 1. The number of methoxy groups -OCH3 is 1. The Kier molecular flexibility index (Phi) is 8.04. The number of rotatable bonds is 8. The summed E-state index contributed by atoms with van der Waals surface area (Å²) in [5.74, 6) is 0.969. The minimum Gasteiger partial charge on any atom is -0.385 e. The van der Waals surface area contributed by atoms with Crippen molar-refractivity contribution in [3.63, 3.8) is 0 Å². The number of aromatic nitrogens is 2. The van der Waals surface area contributed by atoms with E-state index < -0.39 is 0 Å². The molecule has 0 unspecified atom stereocenters. The van der Waals surface area contributed by atoms with Crippen LogP contribution in [-0.2, 0) is 16.0 Å². The zero-order chi connectivity index (χ0) is 17.2. The first-order chi connectivity index (χ1) is 11.7. The van der Waals surface area contributed by atoms with E-state index in [4.69, 9.17) is 9.47 Å². The van der Waals surface area contributed by atoms with E-state index in [0.29, 0.717) is 6.10 Å². The third kappa shape index (κ3) is 6.13. The Balaban J connectivity index is 1.65. The first kappa shape index (κ1) is 18.7. The first-order valence-electron chi connectivity index (χ1n) is 8.78. The molecule has 1 aliphatic rings. The van der Waals surface area contributed by atoms with Crippen LogP contribution in [0.4, 0.5) is 0 Å². The summed E-state index contributed by atoms with van der Waals surface area (Å²) in [6.07, 6.45) is 7.36. The molecule has 0 aliphatic carbocycles. The number of hydrogen-bond donors (Lipinski definition) is 1. The summed E-state index contributed by atoms with van der Waals surface area (Å²) in [4.78, 5) is 6.71. The maximum atomic E-state index is 5.91. The van der Waals surface area contributed by atoms with Gasteiger partial charge in [-0.2, -0.15) is 5.10 Å². The Morgan fingerprint density at radius 2 is 2.17 bits per heavy atom. The zero-order valence-electron chi connectivity index (χ0n) is 15.2. The van der Waals surface area contributed by atoms with Crippen molar-refractivity contribution in [2.45, 2.75) is 38.8 Å². The van der Waals surface area contributed by atoms with Crippen molar-refractivity contribution >= 4 is 5.96 Å². The van der Waals surface area contributed by atoms with Crippen LogP contribution >= 0.6 is 0 Å². The van der Waals surface area contributed by atoms with E-state index in [1.807, 2.05) is 17.9 Å². The van der Waals surface area contributed by atoms with Gasteiger partial charge >= 0.3 is 0 Å². The lowest BCUT2D eigenvalue weighted by atomic mass is 10.1. The van der Waals surface area contributed by atoms with Crippen LogP contribution in [-0.4, -0.2) is 73.7 Å². The number of aryl methyl sites for hydroxylation is 1.